The second-order valence-corrected chi connectivity index (χ2v) is 5.73. The highest BCUT2D eigenvalue weighted by molar-refractivity contribution is 9.10. The van der Waals surface area contributed by atoms with Gasteiger partial charge in [-0.1, -0.05) is 28.1 Å². The predicted octanol–water partition coefficient (Wildman–Crippen LogP) is 4.47. The topological polar surface area (TPSA) is 39.2 Å². The van der Waals surface area contributed by atoms with Gasteiger partial charge in [-0.3, -0.25) is 0 Å². The first-order chi connectivity index (χ1) is 8.00. The summed E-state index contributed by atoms with van der Waals surface area (Å²) in [6.45, 7) is 4.12. The molecule has 0 aliphatic rings. The quantitative estimate of drug-likeness (QED) is 0.860. The Morgan fingerprint density at radius 1 is 1.18 bits per heavy atom. The zero-order valence-electron chi connectivity index (χ0n) is 9.63. The lowest BCUT2D eigenvalue weighted by Crippen LogP contribution is -2.12. The lowest BCUT2D eigenvalue weighted by molar-refractivity contribution is 0.487. The van der Waals surface area contributed by atoms with E-state index in [0.29, 0.717) is 0 Å². The van der Waals surface area contributed by atoms with E-state index < -0.39 is 0 Å². The molecule has 1 heterocycles. The Labute approximate surface area is 117 Å². The van der Waals surface area contributed by atoms with Crippen LogP contribution >= 0.6 is 31.9 Å². The SMILES string of the molecule is Cc1cc(C(N)c2occc2Br)cc(C)c1Br. The lowest BCUT2D eigenvalue weighted by atomic mass is 10.0. The zero-order valence-corrected chi connectivity index (χ0v) is 12.8. The molecule has 2 N–H and O–H groups in total. The van der Waals surface area contributed by atoms with Crippen molar-refractivity contribution in [2.45, 2.75) is 19.9 Å². The second-order valence-electron chi connectivity index (χ2n) is 4.08. The van der Waals surface area contributed by atoms with Gasteiger partial charge in [0.15, 0.2) is 0 Å². The molecule has 2 nitrogen and oxygen atoms in total. The number of furan rings is 1. The van der Waals surface area contributed by atoms with Crippen molar-refractivity contribution >= 4 is 31.9 Å². The molecule has 0 aliphatic heterocycles. The van der Waals surface area contributed by atoms with Crippen LogP contribution in [0.2, 0.25) is 0 Å². The third kappa shape index (κ3) is 2.49. The van der Waals surface area contributed by atoms with Crippen LogP contribution < -0.4 is 5.73 Å². The first-order valence-corrected chi connectivity index (χ1v) is 6.84. The molecule has 0 radical (unpaired) electrons. The fraction of sp³-hybridized carbons (Fsp3) is 0.231. The van der Waals surface area contributed by atoms with Gasteiger partial charge in [-0.2, -0.15) is 0 Å². The number of hydrogen-bond acceptors (Lipinski definition) is 2. The highest BCUT2D eigenvalue weighted by Crippen LogP contribution is 2.31. The average Bonchev–Trinajstić information content (AvgIpc) is 2.70. The summed E-state index contributed by atoms with van der Waals surface area (Å²) in [4.78, 5) is 0. The minimum Gasteiger partial charge on any atom is -0.466 e. The first kappa shape index (κ1) is 12.9. The first-order valence-electron chi connectivity index (χ1n) is 5.26. The summed E-state index contributed by atoms with van der Waals surface area (Å²) < 4.78 is 7.44. The molecular weight excluding hydrogens is 346 g/mol. The minimum atomic E-state index is -0.245. The van der Waals surface area contributed by atoms with E-state index >= 15 is 0 Å². The van der Waals surface area contributed by atoms with E-state index in [1.807, 2.05) is 6.07 Å². The molecule has 0 amide bonds. The molecular formula is C13H13Br2NO. The van der Waals surface area contributed by atoms with Gasteiger partial charge in [0.05, 0.1) is 16.8 Å². The van der Waals surface area contributed by atoms with Crippen molar-refractivity contribution in [1.29, 1.82) is 0 Å². The number of aryl methyl sites for hydroxylation is 2. The molecule has 0 saturated carbocycles. The standard InChI is InChI=1S/C13H13Br2NO/c1-7-5-9(6-8(2)11(7)15)12(16)13-10(14)3-4-17-13/h3-6,12H,16H2,1-2H3. The smallest absolute Gasteiger partial charge is 0.139 e. The Morgan fingerprint density at radius 2 is 1.76 bits per heavy atom. The molecule has 0 aliphatic carbocycles. The highest BCUT2D eigenvalue weighted by Gasteiger charge is 2.17. The van der Waals surface area contributed by atoms with Crippen LogP contribution in [0, 0.1) is 13.8 Å². The molecule has 0 spiro atoms. The number of rotatable bonds is 2. The van der Waals surface area contributed by atoms with E-state index in [4.69, 9.17) is 10.2 Å². The Morgan fingerprint density at radius 3 is 2.24 bits per heavy atom. The van der Waals surface area contributed by atoms with E-state index in [2.05, 4.69) is 57.8 Å². The van der Waals surface area contributed by atoms with Crippen LogP contribution in [-0.4, -0.2) is 0 Å². The summed E-state index contributed by atoms with van der Waals surface area (Å²) in [6, 6.07) is 5.77. The molecule has 1 unspecified atom stereocenters. The number of halogens is 2. The van der Waals surface area contributed by atoms with Crippen molar-refractivity contribution in [1.82, 2.24) is 0 Å². The summed E-state index contributed by atoms with van der Waals surface area (Å²) in [5, 5.41) is 0. The van der Waals surface area contributed by atoms with Gasteiger partial charge in [0.1, 0.15) is 5.76 Å². The van der Waals surface area contributed by atoms with Crippen LogP contribution in [-0.2, 0) is 0 Å². The van der Waals surface area contributed by atoms with Crippen LogP contribution in [0.4, 0.5) is 0 Å². The Bertz CT molecular complexity index is 525. The Kier molecular flexibility index (Phi) is 3.76. The molecule has 4 heteroatoms. The molecule has 1 atom stereocenters. The Balaban J connectivity index is 2.45. The summed E-state index contributed by atoms with van der Waals surface area (Å²) in [5.74, 6) is 0.756. The third-order valence-electron chi connectivity index (χ3n) is 2.75. The van der Waals surface area contributed by atoms with Crippen molar-refractivity contribution in [2.24, 2.45) is 5.73 Å². The fourth-order valence-corrected chi connectivity index (χ4v) is 2.51. The van der Waals surface area contributed by atoms with Gasteiger partial charge in [0, 0.05) is 4.47 Å². The van der Waals surface area contributed by atoms with Crippen LogP contribution in [0.1, 0.15) is 28.5 Å². The third-order valence-corrected chi connectivity index (χ3v) is 4.65. The fourth-order valence-electron chi connectivity index (χ4n) is 1.84. The van der Waals surface area contributed by atoms with Crippen molar-refractivity contribution in [3.8, 4) is 0 Å². The van der Waals surface area contributed by atoms with Gasteiger partial charge in [-0.05, 0) is 52.5 Å². The molecule has 2 aromatic rings. The maximum absolute atomic E-state index is 6.21. The molecule has 0 bridgehead atoms. The predicted molar refractivity (Wildman–Crippen MR) is 76.1 cm³/mol. The molecule has 1 aromatic heterocycles. The van der Waals surface area contributed by atoms with E-state index in [1.54, 1.807) is 6.26 Å². The summed E-state index contributed by atoms with van der Waals surface area (Å²) in [7, 11) is 0. The molecule has 90 valence electrons. The van der Waals surface area contributed by atoms with Gasteiger partial charge in [-0.15, -0.1) is 0 Å². The highest BCUT2D eigenvalue weighted by atomic mass is 79.9. The normalized spacial score (nSPS) is 12.8. The summed E-state index contributed by atoms with van der Waals surface area (Å²) in [5.41, 5.74) is 9.62. The van der Waals surface area contributed by atoms with Gasteiger partial charge in [0.2, 0.25) is 0 Å². The lowest BCUT2D eigenvalue weighted by Gasteiger charge is -2.13. The van der Waals surface area contributed by atoms with E-state index in [0.717, 1.165) is 20.3 Å². The average molecular weight is 359 g/mol. The summed E-state index contributed by atoms with van der Waals surface area (Å²) >= 11 is 6.98. The summed E-state index contributed by atoms with van der Waals surface area (Å²) in [6.07, 6.45) is 1.64. The minimum absolute atomic E-state index is 0.245. The van der Waals surface area contributed by atoms with Crippen LogP contribution in [0.15, 0.2) is 37.8 Å². The zero-order chi connectivity index (χ0) is 12.6. The molecule has 2 rings (SSSR count). The maximum Gasteiger partial charge on any atom is 0.139 e. The van der Waals surface area contributed by atoms with Crippen LogP contribution in [0.25, 0.3) is 0 Å². The van der Waals surface area contributed by atoms with Crippen LogP contribution in [0.3, 0.4) is 0 Å². The largest absolute Gasteiger partial charge is 0.466 e. The van der Waals surface area contributed by atoms with Crippen LogP contribution in [0.5, 0.6) is 0 Å². The molecule has 0 fully saturated rings. The maximum atomic E-state index is 6.21. The molecule has 0 saturated heterocycles. The number of nitrogens with two attached hydrogens (primary N) is 1. The van der Waals surface area contributed by atoms with Crippen molar-refractivity contribution in [2.75, 3.05) is 0 Å². The number of benzene rings is 1. The van der Waals surface area contributed by atoms with E-state index in [9.17, 15) is 0 Å². The van der Waals surface area contributed by atoms with Gasteiger partial charge in [0.25, 0.3) is 0 Å². The monoisotopic (exact) mass is 357 g/mol. The Hall–Kier alpha value is -0.580. The van der Waals surface area contributed by atoms with Gasteiger partial charge >= 0.3 is 0 Å². The van der Waals surface area contributed by atoms with Crippen molar-refractivity contribution in [3.63, 3.8) is 0 Å². The van der Waals surface area contributed by atoms with E-state index in [1.165, 1.54) is 11.1 Å². The van der Waals surface area contributed by atoms with Gasteiger partial charge in [-0.25, -0.2) is 0 Å². The number of hydrogen-bond donors (Lipinski definition) is 1. The van der Waals surface area contributed by atoms with Crippen molar-refractivity contribution < 1.29 is 4.42 Å². The van der Waals surface area contributed by atoms with Gasteiger partial charge < -0.3 is 10.2 Å². The van der Waals surface area contributed by atoms with Crippen molar-refractivity contribution in [3.05, 3.63) is 55.9 Å². The van der Waals surface area contributed by atoms with E-state index in [-0.39, 0.29) is 6.04 Å². The second kappa shape index (κ2) is 4.96. The molecule has 1 aromatic carbocycles. The molecule has 17 heavy (non-hydrogen) atoms.